The third-order valence-corrected chi connectivity index (χ3v) is 3.09. The highest BCUT2D eigenvalue weighted by atomic mass is 16.5. The molecule has 0 bridgehead atoms. The smallest absolute Gasteiger partial charge is 0.203 e. The van der Waals surface area contributed by atoms with E-state index in [9.17, 15) is 0 Å². The van der Waals surface area contributed by atoms with Gasteiger partial charge < -0.3 is 18.9 Å². The minimum atomic E-state index is 0.553. The molecule has 22 heavy (non-hydrogen) atoms. The van der Waals surface area contributed by atoms with Crippen molar-refractivity contribution < 1.29 is 18.9 Å². The lowest BCUT2D eigenvalue weighted by Crippen LogP contribution is -1.95. The standard InChI is InChI=1S/C18H18O4/c1-19-15-7-5-6-13(10-15)8-9-14-11-16(20-2)18(22-4)17(12-14)21-3/h5-7,10-12H,1-4H3. The first-order chi connectivity index (χ1) is 10.7. The number of ether oxygens (including phenoxy) is 4. The summed E-state index contributed by atoms with van der Waals surface area (Å²) in [6.45, 7) is 0. The summed E-state index contributed by atoms with van der Waals surface area (Å²) in [6.07, 6.45) is 0. The Morgan fingerprint density at radius 1 is 0.682 bits per heavy atom. The molecule has 2 rings (SSSR count). The molecule has 0 atom stereocenters. The second-order valence-electron chi connectivity index (χ2n) is 4.40. The Hall–Kier alpha value is -2.80. The molecular weight excluding hydrogens is 280 g/mol. The monoisotopic (exact) mass is 298 g/mol. The van der Waals surface area contributed by atoms with E-state index in [1.807, 2.05) is 36.4 Å². The largest absolute Gasteiger partial charge is 0.497 e. The molecule has 0 saturated heterocycles. The fraction of sp³-hybridized carbons (Fsp3) is 0.222. The second-order valence-corrected chi connectivity index (χ2v) is 4.40. The molecule has 0 unspecified atom stereocenters. The van der Waals surface area contributed by atoms with Crippen LogP contribution in [-0.4, -0.2) is 28.4 Å². The highest BCUT2D eigenvalue weighted by Gasteiger charge is 2.12. The minimum Gasteiger partial charge on any atom is -0.497 e. The van der Waals surface area contributed by atoms with Crippen molar-refractivity contribution >= 4 is 0 Å². The fourth-order valence-electron chi connectivity index (χ4n) is 2.00. The van der Waals surface area contributed by atoms with Gasteiger partial charge in [0.05, 0.1) is 28.4 Å². The summed E-state index contributed by atoms with van der Waals surface area (Å²) in [7, 11) is 6.36. The molecule has 114 valence electrons. The summed E-state index contributed by atoms with van der Waals surface area (Å²) in [6, 6.07) is 11.2. The van der Waals surface area contributed by atoms with Crippen LogP contribution in [0.1, 0.15) is 11.1 Å². The van der Waals surface area contributed by atoms with Crippen molar-refractivity contribution in [1.82, 2.24) is 0 Å². The van der Waals surface area contributed by atoms with E-state index in [2.05, 4.69) is 11.8 Å². The Morgan fingerprint density at radius 2 is 1.32 bits per heavy atom. The van der Waals surface area contributed by atoms with Crippen LogP contribution in [0.25, 0.3) is 0 Å². The second kappa shape index (κ2) is 7.28. The zero-order chi connectivity index (χ0) is 15.9. The minimum absolute atomic E-state index is 0.553. The maximum Gasteiger partial charge on any atom is 0.203 e. The molecule has 0 aromatic heterocycles. The van der Waals surface area contributed by atoms with Crippen LogP contribution in [0.4, 0.5) is 0 Å². The average Bonchev–Trinajstić information content (AvgIpc) is 2.58. The Kier molecular flexibility index (Phi) is 5.16. The zero-order valence-electron chi connectivity index (χ0n) is 13.1. The predicted molar refractivity (Wildman–Crippen MR) is 85.1 cm³/mol. The van der Waals surface area contributed by atoms with Gasteiger partial charge in [-0.05, 0) is 30.3 Å². The van der Waals surface area contributed by atoms with Crippen LogP contribution in [0.5, 0.6) is 23.0 Å². The molecule has 0 N–H and O–H groups in total. The highest BCUT2D eigenvalue weighted by Crippen LogP contribution is 2.37. The Balaban J connectivity index is 2.39. The summed E-state index contributed by atoms with van der Waals surface area (Å²) in [5, 5.41) is 0. The Morgan fingerprint density at radius 3 is 1.86 bits per heavy atom. The molecule has 0 fully saturated rings. The number of rotatable bonds is 4. The first-order valence-corrected chi connectivity index (χ1v) is 6.68. The van der Waals surface area contributed by atoms with Gasteiger partial charge in [0, 0.05) is 11.1 Å². The fourth-order valence-corrected chi connectivity index (χ4v) is 2.00. The quantitative estimate of drug-likeness (QED) is 0.813. The van der Waals surface area contributed by atoms with Crippen molar-refractivity contribution in [2.75, 3.05) is 28.4 Å². The molecule has 2 aromatic carbocycles. The first-order valence-electron chi connectivity index (χ1n) is 6.68. The van der Waals surface area contributed by atoms with Gasteiger partial charge in [0.1, 0.15) is 5.75 Å². The van der Waals surface area contributed by atoms with E-state index in [4.69, 9.17) is 18.9 Å². The van der Waals surface area contributed by atoms with Crippen LogP contribution >= 0.6 is 0 Å². The molecule has 0 radical (unpaired) electrons. The van der Waals surface area contributed by atoms with Gasteiger partial charge in [-0.1, -0.05) is 17.9 Å². The van der Waals surface area contributed by atoms with Crippen molar-refractivity contribution in [3.05, 3.63) is 47.5 Å². The summed E-state index contributed by atoms with van der Waals surface area (Å²) in [5.74, 6) is 8.67. The van der Waals surface area contributed by atoms with Crippen molar-refractivity contribution in [2.24, 2.45) is 0 Å². The van der Waals surface area contributed by atoms with Crippen LogP contribution in [0, 0.1) is 11.8 Å². The van der Waals surface area contributed by atoms with Crippen LogP contribution in [0.2, 0.25) is 0 Å². The summed E-state index contributed by atoms with van der Waals surface area (Å²) < 4.78 is 21.1. The van der Waals surface area contributed by atoms with Gasteiger partial charge in [-0.25, -0.2) is 0 Å². The first kappa shape index (κ1) is 15.6. The van der Waals surface area contributed by atoms with E-state index in [0.29, 0.717) is 17.2 Å². The molecule has 4 heteroatoms. The lowest BCUT2D eigenvalue weighted by Gasteiger charge is -2.12. The molecule has 0 aliphatic rings. The number of benzene rings is 2. The third kappa shape index (κ3) is 3.44. The molecule has 0 saturated carbocycles. The normalized spacial score (nSPS) is 9.45. The van der Waals surface area contributed by atoms with Gasteiger partial charge in [-0.15, -0.1) is 0 Å². The van der Waals surface area contributed by atoms with E-state index in [1.54, 1.807) is 28.4 Å². The number of hydrogen-bond acceptors (Lipinski definition) is 4. The average molecular weight is 298 g/mol. The van der Waals surface area contributed by atoms with E-state index < -0.39 is 0 Å². The SMILES string of the molecule is COc1cccc(C#Cc2cc(OC)c(OC)c(OC)c2)c1. The molecule has 2 aromatic rings. The molecule has 0 aliphatic carbocycles. The van der Waals surface area contributed by atoms with Gasteiger partial charge >= 0.3 is 0 Å². The Labute approximate surface area is 130 Å². The summed E-state index contributed by atoms with van der Waals surface area (Å²) in [4.78, 5) is 0. The maximum atomic E-state index is 5.32. The van der Waals surface area contributed by atoms with Gasteiger partial charge in [-0.3, -0.25) is 0 Å². The summed E-state index contributed by atoms with van der Waals surface area (Å²) in [5.41, 5.74) is 1.64. The molecular formula is C18H18O4. The van der Waals surface area contributed by atoms with Crippen LogP contribution in [0.15, 0.2) is 36.4 Å². The van der Waals surface area contributed by atoms with Gasteiger partial charge in [0.15, 0.2) is 11.5 Å². The van der Waals surface area contributed by atoms with E-state index in [-0.39, 0.29) is 0 Å². The lowest BCUT2D eigenvalue weighted by atomic mass is 10.1. The Bertz CT molecular complexity index is 686. The van der Waals surface area contributed by atoms with E-state index in [1.165, 1.54) is 0 Å². The molecule has 0 aliphatic heterocycles. The molecule has 0 heterocycles. The highest BCUT2D eigenvalue weighted by molar-refractivity contribution is 5.58. The van der Waals surface area contributed by atoms with Crippen molar-refractivity contribution in [3.63, 3.8) is 0 Å². The van der Waals surface area contributed by atoms with E-state index in [0.717, 1.165) is 16.9 Å². The lowest BCUT2D eigenvalue weighted by molar-refractivity contribution is 0.324. The zero-order valence-corrected chi connectivity index (χ0v) is 13.1. The van der Waals surface area contributed by atoms with Crippen molar-refractivity contribution in [1.29, 1.82) is 0 Å². The van der Waals surface area contributed by atoms with Crippen LogP contribution < -0.4 is 18.9 Å². The topological polar surface area (TPSA) is 36.9 Å². The molecule has 0 spiro atoms. The predicted octanol–water partition coefficient (Wildman–Crippen LogP) is 3.12. The van der Waals surface area contributed by atoms with Crippen molar-refractivity contribution in [3.8, 4) is 34.8 Å². The maximum absolute atomic E-state index is 5.32. The van der Waals surface area contributed by atoms with Gasteiger partial charge in [0.25, 0.3) is 0 Å². The van der Waals surface area contributed by atoms with Crippen LogP contribution in [-0.2, 0) is 0 Å². The third-order valence-electron chi connectivity index (χ3n) is 3.09. The molecule has 0 amide bonds. The van der Waals surface area contributed by atoms with Crippen LogP contribution in [0.3, 0.4) is 0 Å². The van der Waals surface area contributed by atoms with Gasteiger partial charge in [0.2, 0.25) is 5.75 Å². The number of hydrogen-bond donors (Lipinski definition) is 0. The van der Waals surface area contributed by atoms with Gasteiger partial charge in [-0.2, -0.15) is 0 Å². The molecule has 4 nitrogen and oxygen atoms in total. The number of methoxy groups -OCH3 is 4. The summed E-state index contributed by atoms with van der Waals surface area (Å²) >= 11 is 0. The van der Waals surface area contributed by atoms with E-state index >= 15 is 0 Å². The van der Waals surface area contributed by atoms with Crippen molar-refractivity contribution in [2.45, 2.75) is 0 Å².